The predicted octanol–water partition coefficient (Wildman–Crippen LogP) is 3.11. The molecule has 94 valence electrons. The van der Waals surface area contributed by atoms with Crippen molar-refractivity contribution in [2.45, 2.75) is 26.2 Å². The number of nitrogens with one attached hydrogen (secondary N) is 1. The number of amides is 1. The first-order valence-corrected chi connectivity index (χ1v) is 6.86. The summed E-state index contributed by atoms with van der Waals surface area (Å²) in [6.07, 6.45) is 6.21. The molecule has 0 bridgehead atoms. The summed E-state index contributed by atoms with van der Waals surface area (Å²) >= 11 is 1.59. The van der Waals surface area contributed by atoms with Gasteiger partial charge in [0.25, 0.3) is 5.91 Å². The summed E-state index contributed by atoms with van der Waals surface area (Å²) in [6.45, 7) is 2.26. The van der Waals surface area contributed by atoms with Gasteiger partial charge in [-0.05, 0) is 31.2 Å². The van der Waals surface area contributed by atoms with Gasteiger partial charge in [-0.2, -0.15) is 0 Å². The second kappa shape index (κ2) is 4.57. The fourth-order valence-corrected chi connectivity index (χ4v) is 3.32. The molecule has 4 nitrogen and oxygen atoms in total. The smallest absolute Gasteiger partial charge is 0.260 e. The number of aromatic nitrogens is 1. The zero-order valence-corrected chi connectivity index (χ0v) is 10.9. The largest absolute Gasteiger partial charge is 0.472 e. The topological polar surface area (TPSA) is 55.1 Å². The average Bonchev–Trinajstić information content (AvgIpc) is 2.95. The first-order chi connectivity index (χ1) is 8.72. The minimum Gasteiger partial charge on any atom is -0.472 e. The summed E-state index contributed by atoms with van der Waals surface area (Å²) in [5, 5.41) is 3.52. The van der Waals surface area contributed by atoms with Gasteiger partial charge >= 0.3 is 0 Å². The number of aryl methyl sites for hydroxylation is 1. The fraction of sp³-hybridized carbons (Fsp3) is 0.385. The van der Waals surface area contributed by atoms with Crippen LogP contribution in [0.25, 0.3) is 0 Å². The first kappa shape index (κ1) is 11.5. The molecule has 0 aliphatic heterocycles. The number of fused-ring (bicyclic) bond motifs is 1. The number of anilines is 1. The second-order valence-electron chi connectivity index (χ2n) is 4.70. The van der Waals surface area contributed by atoms with Crippen LogP contribution in [0.15, 0.2) is 23.0 Å². The lowest BCUT2D eigenvalue weighted by Gasteiger charge is -2.15. The van der Waals surface area contributed by atoms with Crippen LogP contribution in [0.4, 0.5) is 5.13 Å². The third kappa shape index (κ3) is 2.18. The van der Waals surface area contributed by atoms with Gasteiger partial charge in [0, 0.05) is 4.88 Å². The van der Waals surface area contributed by atoms with Crippen LogP contribution in [0.2, 0.25) is 0 Å². The van der Waals surface area contributed by atoms with Crippen LogP contribution >= 0.6 is 11.3 Å². The Balaban J connectivity index is 1.76. The number of thiazole rings is 1. The van der Waals surface area contributed by atoms with Crippen LogP contribution in [-0.4, -0.2) is 10.9 Å². The maximum atomic E-state index is 11.8. The quantitative estimate of drug-likeness (QED) is 0.904. The van der Waals surface area contributed by atoms with Crippen molar-refractivity contribution in [3.05, 3.63) is 34.7 Å². The van der Waals surface area contributed by atoms with E-state index < -0.39 is 0 Å². The molecule has 1 aliphatic carbocycles. The minimum atomic E-state index is -0.164. The van der Waals surface area contributed by atoms with Gasteiger partial charge in [-0.1, -0.05) is 6.92 Å². The highest BCUT2D eigenvalue weighted by Crippen LogP contribution is 2.32. The highest BCUT2D eigenvalue weighted by atomic mass is 32.1. The van der Waals surface area contributed by atoms with Crippen molar-refractivity contribution < 1.29 is 9.21 Å². The normalized spacial score (nSPS) is 18.4. The standard InChI is InChI=1S/C13H14N2O2S/c1-8-2-3-10-11(6-8)18-13(14-10)15-12(16)9-4-5-17-7-9/h4-5,7-8H,2-3,6H2,1H3,(H,14,15,16)/t8-/m0/s1. The van der Waals surface area contributed by atoms with Crippen LogP contribution in [0, 0.1) is 5.92 Å². The monoisotopic (exact) mass is 262 g/mol. The maximum absolute atomic E-state index is 11.8. The van der Waals surface area contributed by atoms with Gasteiger partial charge in [0.15, 0.2) is 5.13 Å². The predicted molar refractivity (Wildman–Crippen MR) is 70.0 cm³/mol. The lowest BCUT2D eigenvalue weighted by molar-refractivity contribution is 0.102. The van der Waals surface area contributed by atoms with Gasteiger partial charge in [-0.15, -0.1) is 11.3 Å². The molecule has 1 atom stereocenters. The van der Waals surface area contributed by atoms with E-state index in [9.17, 15) is 4.79 Å². The average molecular weight is 262 g/mol. The van der Waals surface area contributed by atoms with Gasteiger partial charge in [0.05, 0.1) is 17.5 Å². The summed E-state index contributed by atoms with van der Waals surface area (Å²) < 4.78 is 4.89. The van der Waals surface area contributed by atoms with Crippen molar-refractivity contribution in [3.8, 4) is 0 Å². The summed E-state index contributed by atoms with van der Waals surface area (Å²) in [6, 6.07) is 1.64. The summed E-state index contributed by atoms with van der Waals surface area (Å²) in [5.74, 6) is 0.554. The van der Waals surface area contributed by atoms with Crippen LogP contribution in [0.3, 0.4) is 0 Å². The van der Waals surface area contributed by atoms with Crippen molar-refractivity contribution in [2.75, 3.05) is 5.32 Å². The van der Waals surface area contributed by atoms with E-state index in [1.165, 1.54) is 23.8 Å². The highest BCUT2D eigenvalue weighted by Gasteiger charge is 2.20. The Hall–Kier alpha value is -1.62. The lowest BCUT2D eigenvalue weighted by Crippen LogP contribution is -2.11. The van der Waals surface area contributed by atoms with Crippen molar-refractivity contribution in [1.29, 1.82) is 0 Å². The fourth-order valence-electron chi connectivity index (χ4n) is 2.16. The molecule has 3 rings (SSSR count). The SMILES string of the molecule is C[C@H]1CCc2nc(NC(=O)c3ccoc3)sc2C1. The molecule has 18 heavy (non-hydrogen) atoms. The molecule has 0 saturated carbocycles. The number of hydrogen-bond donors (Lipinski definition) is 1. The Bertz CT molecular complexity index is 560. The van der Waals surface area contributed by atoms with Crippen LogP contribution in [0.5, 0.6) is 0 Å². The minimum absolute atomic E-state index is 0.164. The third-order valence-electron chi connectivity index (χ3n) is 3.19. The molecule has 2 aromatic rings. The molecule has 0 spiro atoms. The molecule has 5 heteroatoms. The van der Waals surface area contributed by atoms with Crippen LogP contribution < -0.4 is 5.32 Å². The first-order valence-electron chi connectivity index (χ1n) is 6.04. The zero-order valence-electron chi connectivity index (χ0n) is 10.1. The van der Waals surface area contributed by atoms with Gasteiger partial charge in [-0.25, -0.2) is 4.98 Å². The van der Waals surface area contributed by atoms with E-state index in [-0.39, 0.29) is 5.91 Å². The van der Waals surface area contributed by atoms with Gasteiger partial charge in [0.1, 0.15) is 6.26 Å². The van der Waals surface area contributed by atoms with Crippen molar-refractivity contribution in [1.82, 2.24) is 4.98 Å². The van der Waals surface area contributed by atoms with Crippen molar-refractivity contribution in [3.63, 3.8) is 0 Å². The Kier molecular flexibility index (Phi) is 2.91. The second-order valence-corrected chi connectivity index (χ2v) is 5.79. The molecule has 1 aliphatic rings. The maximum Gasteiger partial charge on any atom is 0.260 e. The van der Waals surface area contributed by atoms with E-state index in [1.807, 2.05) is 0 Å². The van der Waals surface area contributed by atoms with E-state index in [0.29, 0.717) is 10.7 Å². The molecule has 2 aromatic heterocycles. The number of carbonyl (C=O) groups excluding carboxylic acids is 1. The zero-order chi connectivity index (χ0) is 12.5. The molecule has 1 amide bonds. The lowest BCUT2D eigenvalue weighted by atomic mass is 9.93. The van der Waals surface area contributed by atoms with E-state index in [2.05, 4.69) is 17.2 Å². The molecular formula is C13H14N2O2S. The molecule has 0 fully saturated rings. The molecular weight excluding hydrogens is 248 g/mol. The van der Waals surface area contributed by atoms with E-state index in [4.69, 9.17) is 4.42 Å². The molecule has 2 heterocycles. The Morgan fingerprint density at radius 1 is 1.61 bits per heavy atom. The highest BCUT2D eigenvalue weighted by molar-refractivity contribution is 7.15. The third-order valence-corrected chi connectivity index (χ3v) is 4.23. The van der Waals surface area contributed by atoms with Gasteiger partial charge in [0.2, 0.25) is 0 Å². The molecule has 0 radical (unpaired) electrons. The van der Waals surface area contributed by atoms with Crippen molar-refractivity contribution >= 4 is 22.4 Å². The Labute approximate surface area is 109 Å². The van der Waals surface area contributed by atoms with E-state index in [0.717, 1.165) is 24.5 Å². The number of nitrogens with zero attached hydrogens (tertiary/aromatic N) is 1. The molecule has 0 unspecified atom stereocenters. The van der Waals surface area contributed by atoms with Crippen LogP contribution in [0.1, 0.15) is 34.3 Å². The summed E-state index contributed by atoms with van der Waals surface area (Å²) in [7, 11) is 0. The van der Waals surface area contributed by atoms with Gasteiger partial charge in [-0.3, -0.25) is 10.1 Å². The van der Waals surface area contributed by atoms with E-state index >= 15 is 0 Å². The Morgan fingerprint density at radius 3 is 3.28 bits per heavy atom. The summed E-state index contributed by atoms with van der Waals surface area (Å²) in [4.78, 5) is 17.7. The molecule has 0 aromatic carbocycles. The molecule has 1 N–H and O–H groups in total. The number of rotatable bonds is 2. The van der Waals surface area contributed by atoms with Crippen LogP contribution in [-0.2, 0) is 12.8 Å². The Morgan fingerprint density at radius 2 is 2.50 bits per heavy atom. The molecule has 0 saturated heterocycles. The number of hydrogen-bond acceptors (Lipinski definition) is 4. The van der Waals surface area contributed by atoms with Crippen molar-refractivity contribution in [2.24, 2.45) is 5.92 Å². The van der Waals surface area contributed by atoms with E-state index in [1.54, 1.807) is 17.4 Å². The summed E-state index contributed by atoms with van der Waals surface area (Å²) in [5.41, 5.74) is 1.68. The number of furan rings is 1. The number of carbonyl (C=O) groups is 1. The van der Waals surface area contributed by atoms with Gasteiger partial charge < -0.3 is 4.42 Å².